The highest BCUT2D eigenvalue weighted by atomic mass is 16.5. The van der Waals surface area contributed by atoms with Crippen molar-refractivity contribution >= 4 is 6.09 Å². The summed E-state index contributed by atoms with van der Waals surface area (Å²) < 4.78 is 6.79. The first-order valence-electron chi connectivity index (χ1n) is 8.04. The van der Waals surface area contributed by atoms with E-state index < -0.39 is 11.6 Å². The van der Waals surface area contributed by atoms with Crippen LogP contribution in [0.5, 0.6) is 0 Å². The number of tetrazole rings is 1. The van der Waals surface area contributed by atoms with Gasteiger partial charge in [-0.15, -0.1) is 5.10 Å². The maximum absolute atomic E-state index is 12.0. The molecular formula is C16H21N5O2. The first-order chi connectivity index (χ1) is 11.2. The Morgan fingerprint density at radius 1 is 1.26 bits per heavy atom. The molecule has 1 heterocycles. The van der Waals surface area contributed by atoms with Gasteiger partial charge in [0.25, 0.3) is 0 Å². The minimum absolute atomic E-state index is 0.339. The largest absolute Gasteiger partial charge is 0.450 e. The van der Waals surface area contributed by atoms with Crippen molar-refractivity contribution in [2.75, 3.05) is 6.61 Å². The first-order valence-corrected chi connectivity index (χ1v) is 8.04. The molecule has 122 valence electrons. The van der Waals surface area contributed by atoms with Gasteiger partial charge in [-0.25, -0.2) is 4.79 Å². The minimum Gasteiger partial charge on any atom is -0.450 e. The van der Waals surface area contributed by atoms with Crippen LogP contribution in [0, 0.1) is 0 Å². The average molecular weight is 315 g/mol. The van der Waals surface area contributed by atoms with Crippen LogP contribution in [0.15, 0.2) is 30.3 Å². The molecule has 1 aromatic heterocycles. The smallest absolute Gasteiger partial charge is 0.407 e. The Kier molecular flexibility index (Phi) is 4.55. The maximum Gasteiger partial charge on any atom is 0.407 e. The van der Waals surface area contributed by atoms with E-state index in [1.165, 1.54) is 0 Å². The normalized spacial score (nSPS) is 16.7. The molecule has 23 heavy (non-hydrogen) atoms. The van der Waals surface area contributed by atoms with Crippen LogP contribution in [0.3, 0.4) is 0 Å². The number of nitrogens with zero attached hydrogens (tertiary/aromatic N) is 4. The van der Waals surface area contributed by atoms with Gasteiger partial charge in [-0.3, -0.25) is 0 Å². The van der Waals surface area contributed by atoms with Crippen LogP contribution in [0.4, 0.5) is 4.79 Å². The number of benzene rings is 1. The van der Waals surface area contributed by atoms with Gasteiger partial charge in [0.2, 0.25) is 0 Å². The van der Waals surface area contributed by atoms with Crippen molar-refractivity contribution in [1.29, 1.82) is 0 Å². The summed E-state index contributed by atoms with van der Waals surface area (Å²) in [7, 11) is 0. The summed E-state index contributed by atoms with van der Waals surface area (Å²) in [5, 5.41) is 15.2. The van der Waals surface area contributed by atoms with Gasteiger partial charge in [-0.1, -0.05) is 37.5 Å². The lowest BCUT2D eigenvalue weighted by Gasteiger charge is -2.36. The number of hydrogen-bond donors (Lipinski definition) is 1. The van der Waals surface area contributed by atoms with E-state index in [2.05, 4.69) is 20.8 Å². The second-order valence-corrected chi connectivity index (χ2v) is 5.74. The van der Waals surface area contributed by atoms with E-state index in [0.29, 0.717) is 12.4 Å². The van der Waals surface area contributed by atoms with E-state index in [4.69, 9.17) is 4.74 Å². The molecule has 2 aromatic rings. The van der Waals surface area contributed by atoms with Crippen molar-refractivity contribution < 1.29 is 9.53 Å². The van der Waals surface area contributed by atoms with E-state index in [0.717, 1.165) is 37.8 Å². The molecule has 7 nitrogen and oxygen atoms in total. The molecule has 1 saturated carbocycles. The van der Waals surface area contributed by atoms with Crippen molar-refractivity contribution in [3.63, 3.8) is 0 Å². The summed E-state index contributed by atoms with van der Waals surface area (Å²) >= 11 is 0. The topological polar surface area (TPSA) is 81.9 Å². The zero-order valence-corrected chi connectivity index (χ0v) is 13.2. The van der Waals surface area contributed by atoms with Crippen LogP contribution >= 0.6 is 0 Å². The van der Waals surface area contributed by atoms with Crippen molar-refractivity contribution in [3.8, 4) is 5.69 Å². The predicted octanol–water partition coefficient (Wildman–Crippen LogP) is 2.57. The molecule has 1 fully saturated rings. The number of para-hydroxylation sites is 1. The molecule has 0 spiro atoms. The number of carbonyl (C=O) groups excluding carboxylic acids is 1. The summed E-state index contributed by atoms with van der Waals surface area (Å²) in [5.41, 5.74) is 0.298. The van der Waals surface area contributed by atoms with Crippen LogP contribution in [0.1, 0.15) is 44.9 Å². The van der Waals surface area contributed by atoms with Gasteiger partial charge in [0.1, 0.15) is 5.54 Å². The van der Waals surface area contributed by atoms with Crippen molar-refractivity contribution in [1.82, 2.24) is 25.5 Å². The van der Waals surface area contributed by atoms with E-state index >= 15 is 0 Å². The van der Waals surface area contributed by atoms with E-state index in [-0.39, 0.29) is 0 Å². The van der Waals surface area contributed by atoms with Crippen LogP contribution < -0.4 is 5.32 Å². The van der Waals surface area contributed by atoms with Gasteiger partial charge in [0.05, 0.1) is 12.3 Å². The quantitative estimate of drug-likeness (QED) is 0.937. The van der Waals surface area contributed by atoms with Gasteiger partial charge in [0, 0.05) is 0 Å². The highest BCUT2D eigenvalue weighted by Crippen LogP contribution is 2.36. The molecule has 0 unspecified atom stereocenters. The fourth-order valence-corrected chi connectivity index (χ4v) is 3.15. The third-order valence-corrected chi connectivity index (χ3v) is 4.22. The molecule has 3 rings (SSSR count). The number of nitrogens with one attached hydrogen (secondary N) is 1. The van der Waals surface area contributed by atoms with E-state index in [1.807, 2.05) is 30.3 Å². The van der Waals surface area contributed by atoms with Gasteiger partial charge in [0.15, 0.2) is 5.82 Å². The van der Waals surface area contributed by atoms with Gasteiger partial charge in [-0.2, -0.15) is 4.68 Å². The zero-order valence-electron chi connectivity index (χ0n) is 13.2. The Morgan fingerprint density at radius 3 is 2.70 bits per heavy atom. The summed E-state index contributed by atoms with van der Waals surface area (Å²) in [6, 6.07) is 9.71. The molecule has 1 aliphatic rings. The molecule has 1 aromatic carbocycles. The van der Waals surface area contributed by atoms with Gasteiger partial charge >= 0.3 is 6.09 Å². The summed E-state index contributed by atoms with van der Waals surface area (Å²) in [5.74, 6) is 0.663. The molecule has 1 N–H and O–H groups in total. The molecule has 0 saturated heterocycles. The van der Waals surface area contributed by atoms with E-state index in [1.54, 1.807) is 11.6 Å². The fourth-order valence-electron chi connectivity index (χ4n) is 3.15. The monoisotopic (exact) mass is 315 g/mol. The molecule has 0 atom stereocenters. The standard InChI is InChI=1S/C16H21N5O2/c1-2-23-15(22)17-16(11-7-4-8-12-16)14-18-19-20-21(14)13-9-5-3-6-10-13/h3,5-6,9-10H,2,4,7-8,11-12H2,1H3,(H,17,22). The van der Waals surface area contributed by atoms with Crippen molar-refractivity contribution in [3.05, 3.63) is 36.2 Å². The lowest BCUT2D eigenvalue weighted by molar-refractivity contribution is 0.124. The number of rotatable bonds is 4. The maximum atomic E-state index is 12.0. The fraction of sp³-hybridized carbons (Fsp3) is 0.500. The van der Waals surface area contributed by atoms with Gasteiger partial charge in [-0.05, 0) is 42.3 Å². The highest BCUT2D eigenvalue weighted by Gasteiger charge is 2.41. The minimum atomic E-state index is -0.580. The number of amides is 1. The zero-order chi connectivity index (χ0) is 16.1. The lowest BCUT2D eigenvalue weighted by Crippen LogP contribution is -2.49. The third-order valence-electron chi connectivity index (χ3n) is 4.22. The first kappa shape index (κ1) is 15.5. The molecule has 0 aliphatic heterocycles. The van der Waals surface area contributed by atoms with Crippen molar-refractivity contribution in [2.45, 2.75) is 44.6 Å². The average Bonchev–Trinajstić information content (AvgIpc) is 3.07. The molecular weight excluding hydrogens is 294 g/mol. The molecule has 0 radical (unpaired) electrons. The SMILES string of the molecule is CCOC(=O)NC1(c2nnnn2-c2ccccc2)CCCCC1. The van der Waals surface area contributed by atoms with Crippen molar-refractivity contribution in [2.24, 2.45) is 0 Å². The number of alkyl carbamates (subject to hydrolysis) is 1. The number of ether oxygens (including phenoxy) is 1. The predicted molar refractivity (Wildman–Crippen MR) is 84.1 cm³/mol. The second-order valence-electron chi connectivity index (χ2n) is 5.74. The summed E-state index contributed by atoms with van der Waals surface area (Å²) in [6.45, 7) is 2.13. The molecule has 1 aliphatic carbocycles. The summed E-state index contributed by atoms with van der Waals surface area (Å²) in [4.78, 5) is 12.0. The number of aromatic nitrogens is 4. The second kappa shape index (κ2) is 6.76. The molecule has 7 heteroatoms. The Bertz CT molecular complexity index is 650. The highest BCUT2D eigenvalue weighted by molar-refractivity contribution is 5.68. The molecule has 0 bridgehead atoms. The van der Waals surface area contributed by atoms with Crippen LogP contribution in [0.25, 0.3) is 5.69 Å². The Labute approximate surface area is 135 Å². The van der Waals surface area contributed by atoms with E-state index in [9.17, 15) is 4.79 Å². The third kappa shape index (κ3) is 3.18. The Balaban J connectivity index is 1.98. The van der Waals surface area contributed by atoms with Gasteiger partial charge < -0.3 is 10.1 Å². The van der Waals surface area contributed by atoms with Crippen LogP contribution in [-0.4, -0.2) is 32.9 Å². The Morgan fingerprint density at radius 2 is 2.00 bits per heavy atom. The number of hydrogen-bond acceptors (Lipinski definition) is 5. The van der Waals surface area contributed by atoms with Crippen LogP contribution in [0.2, 0.25) is 0 Å². The molecule has 1 amide bonds. The lowest BCUT2D eigenvalue weighted by atomic mass is 9.81. The Hall–Kier alpha value is -2.44. The number of carbonyl (C=O) groups is 1. The summed E-state index contributed by atoms with van der Waals surface area (Å²) in [6.07, 6.45) is 4.39. The van der Waals surface area contributed by atoms with Crippen LogP contribution in [-0.2, 0) is 10.3 Å².